The summed E-state index contributed by atoms with van der Waals surface area (Å²) in [6.45, 7) is 1.73. The first-order chi connectivity index (χ1) is 9.92. The van der Waals surface area contributed by atoms with Crippen molar-refractivity contribution in [2.45, 2.75) is 18.6 Å². The van der Waals surface area contributed by atoms with Gasteiger partial charge in [-0.2, -0.15) is 0 Å². The third kappa shape index (κ3) is 2.22. The largest absolute Gasteiger partial charge is 0.481 e. The molecule has 2 aliphatic heterocycles. The second kappa shape index (κ2) is 4.86. The van der Waals surface area contributed by atoms with Gasteiger partial charge in [0.05, 0.1) is 28.3 Å². The number of para-hydroxylation sites is 1. The highest BCUT2D eigenvalue weighted by Crippen LogP contribution is 2.47. The molecule has 0 radical (unpaired) electrons. The van der Waals surface area contributed by atoms with Gasteiger partial charge in [-0.25, -0.2) is 0 Å². The minimum atomic E-state index is -1.03. The molecular formula is C15H14ClNO4. The predicted molar refractivity (Wildman–Crippen MR) is 77.1 cm³/mol. The van der Waals surface area contributed by atoms with Crippen LogP contribution in [0.3, 0.4) is 0 Å². The van der Waals surface area contributed by atoms with Crippen molar-refractivity contribution >= 4 is 29.2 Å². The molecule has 21 heavy (non-hydrogen) atoms. The van der Waals surface area contributed by atoms with E-state index in [4.69, 9.17) is 16.3 Å². The van der Waals surface area contributed by atoms with Crippen molar-refractivity contribution in [2.75, 3.05) is 5.32 Å². The van der Waals surface area contributed by atoms with E-state index >= 15 is 0 Å². The van der Waals surface area contributed by atoms with Gasteiger partial charge in [0.15, 0.2) is 0 Å². The Morgan fingerprint density at radius 3 is 2.76 bits per heavy atom. The van der Waals surface area contributed by atoms with Crippen molar-refractivity contribution in [1.29, 1.82) is 0 Å². The Balaban J connectivity index is 1.88. The fourth-order valence-corrected chi connectivity index (χ4v) is 3.24. The number of ether oxygens (including phenoxy) is 1. The van der Waals surface area contributed by atoms with Crippen molar-refractivity contribution in [3.63, 3.8) is 0 Å². The van der Waals surface area contributed by atoms with Crippen LogP contribution in [0.1, 0.15) is 6.92 Å². The smallest absolute Gasteiger partial charge is 0.310 e. The fourth-order valence-electron chi connectivity index (χ4n) is 3.05. The Morgan fingerprint density at radius 2 is 2.10 bits per heavy atom. The van der Waals surface area contributed by atoms with Crippen molar-refractivity contribution in [1.82, 2.24) is 0 Å². The molecule has 1 aromatic rings. The van der Waals surface area contributed by atoms with E-state index < -0.39 is 35.4 Å². The van der Waals surface area contributed by atoms with Crippen LogP contribution in [-0.4, -0.2) is 28.7 Å². The lowest BCUT2D eigenvalue weighted by molar-refractivity contribution is -0.146. The average molecular weight is 308 g/mol. The van der Waals surface area contributed by atoms with E-state index in [2.05, 4.69) is 5.32 Å². The number of halogens is 1. The molecule has 1 amide bonds. The Morgan fingerprint density at radius 1 is 1.38 bits per heavy atom. The molecule has 2 heterocycles. The standard InChI is InChI=1S/C15H14ClNO4/c1-15-7-6-10(21-15)11(14(19)20)12(15)13(18)17-9-5-3-2-4-8(9)16/h2-7,10-12H,1H3,(H,17,18)(H,19,20)/t10-,11-,12+,15+/m1/s1. The van der Waals surface area contributed by atoms with E-state index in [1.807, 2.05) is 0 Å². The van der Waals surface area contributed by atoms with Gasteiger partial charge in [-0.05, 0) is 19.1 Å². The summed E-state index contributed by atoms with van der Waals surface area (Å²) < 4.78 is 5.65. The lowest BCUT2D eigenvalue weighted by Gasteiger charge is -2.27. The summed E-state index contributed by atoms with van der Waals surface area (Å²) >= 11 is 6.01. The summed E-state index contributed by atoms with van der Waals surface area (Å²) in [5.41, 5.74) is -0.428. The minimum absolute atomic E-state index is 0.398. The Bertz CT molecular complexity index is 644. The number of carboxylic acids is 1. The topological polar surface area (TPSA) is 75.6 Å². The van der Waals surface area contributed by atoms with E-state index in [9.17, 15) is 14.7 Å². The monoisotopic (exact) mass is 307 g/mol. The molecule has 2 N–H and O–H groups in total. The number of carbonyl (C=O) groups excluding carboxylic acids is 1. The maximum absolute atomic E-state index is 12.5. The normalized spacial score (nSPS) is 33.1. The summed E-state index contributed by atoms with van der Waals surface area (Å²) in [5, 5.41) is 12.5. The number of aliphatic carboxylic acids is 1. The van der Waals surface area contributed by atoms with Gasteiger partial charge in [-0.3, -0.25) is 9.59 Å². The summed E-state index contributed by atoms with van der Waals surface area (Å²) in [6, 6.07) is 6.82. The molecule has 0 saturated carbocycles. The first kappa shape index (κ1) is 14.1. The van der Waals surface area contributed by atoms with Crippen molar-refractivity contribution in [3.05, 3.63) is 41.4 Å². The number of nitrogens with one attached hydrogen (secondary N) is 1. The van der Waals surface area contributed by atoms with Crippen LogP contribution in [-0.2, 0) is 14.3 Å². The number of hydrogen-bond acceptors (Lipinski definition) is 3. The second-order valence-corrected chi connectivity index (χ2v) is 5.84. The maximum atomic E-state index is 12.5. The molecule has 1 saturated heterocycles. The number of benzene rings is 1. The molecule has 1 fully saturated rings. The zero-order valence-corrected chi connectivity index (χ0v) is 12.0. The van der Waals surface area contributed by atoms with Gasteiger partial charge >= 0.3 is 5.97 Å². The third-order valence-electron chi connectivity index (χ3n) is 4.04. The molecule has 6 heteroatoms. The number of amides is 1. The van der Waals surface area contributed by atoms with Crippen molar-refractivity contribution in [3.8, 4) is 0 Å². The van der Waals surface area contributed by atoms with Crippen LogP contribution in [0.2, 0.25) is 5.02 Å². The highest BCUT2D eigenvalue weighted by Gasteiger charge is 2.59. The first-order valence-corrected chi connectivity index (χ1v) is 6.95. The van der Waals surface area contributed by atoms with Gasteiger partial charge in [0.2, 0.25) is 5.91 Å². The van der Waals surface area contributed by atoms with E-state index in [-0.39, 0.29) is 0 Å². The SMILES string of the molecule is C[C@@]12C=C[C@@H](O1)[C@@H](C(=O)O)[C@H]2C(=O)Nc1ccccc1Cl. The van der Waals surface area contributed by atoms with E-state index in [0.717, 1.165) is 0 Å². The molecule has 4 atom stereocenters. The minimum Gasteiger partial charge on any atom is -0.481 e. The lowest BCUT2D eigenvalue weighted by atomic mass is 9.75. The van der Waals surface area contributed by atoms with Crippen LogP contribution in [0.5, 0.6) is 0 Å². The number of carbonyl (C=O) groups is 2. The molecule has 2 bridgehead atoms. The maximum Gasteiger partial charge on any atom is 0.310 e. The summed E-state index contributed by atoms with van der Waals surface area (Å²) in [6.07, 6.45) is 2.90. The van der Waals surface area contributed by atoms with Crippen LogP contribution in [0, 0.1) is 11.8 Å². The van der Waals surface area contributed by atoms with Gasteiger partial charge < -0.3 is 15.2 Å². The summed E-state index contributed by atoms with van der Waals surface area (Å²) in [5.74, 6) is -3.11. The highest BCUT2D eigenvalue weighted by molar-refractivity contribution is 6.33. The van der Waals surface area contributed by atoms with Gasteiger partial charge in [0.25, 0.3) is 0 Å². The molecule has 0 spiro atoms. The second-order valence-electron chi connectivity index (χ2n) is 5.44. The van der Waals surface area contributed by atoms with Gasteiger partial charge in [0, 0.05) is 0 Å². The molecule has 2 aliphatic rings. The number of hydrogen-bond donors (Lipinski definition) is 2. The molecule has 3 rings (SSSR count). The van der Waals surface area contributed by atoms with Crippen LogP contribution in [0.4, 0.5) is 5.69 Å². The molecule has 1 aromatic carbocycles. The molecule has 0 aromatic heterocycles. The van der Waals surface area contributed by atoms with Crippen molar-refractivity contribution < 1.29 is 19.4 Å². The van der Waals surface area contributed by atoms with Gasteiger partial charge in [0.1, 0.15) is 5.92 Å². The molecule has 5 nitrogen and oxygen atoms in total. The quantitative estimate of drug-likeness (QED) is 0.840. The average Bonchev–Trinajstić information content (AvgIpc) is 2.94. The predicted octanol–water partition coefficient (Wildman–Crippen LogP) is 2.32. The van der Waals surface area contributed by atoms with Gasteiger partial charge in [-0.15, -0.1) is 0 Å². The van der Waals surface area contributed by atoms with Crippen molar-refractivity contribution in [2.24, 2.45) is 11.8 Å². The fraction of sp³-hybridized carbons (Fsp3) is 0.333. The number of carboxylic acid groups (broad SMARTS) is 1. The highest BCUT2D eigenvalue weighted by atomic mass is 35.5. The lowest BCUT2D eigenvalue weighted by Crippen LogP contribution is -2.44. The first-order valence-electron chi connectivity index (χ1n) is 6.58. The van der Waals surface area contributed by atoms with E-state index in [1.165, 1.54) is 0 Å². The van der Waals surface area contributed by atoms with Crippen LogP contribution < -0.4 is 5.32 Å². The van der Waals surface area contributed by atoms with Crippen LogP contribution >= 0.6 is 11.6 Å². The molecule has 110 valence electrons. The summed E-state index contributed by atoms with van der Waals surface area (Å²) in [7, 11) is 0. The Hall–Kier alpha value is -1.85. The third-order valence-corrected chi connectivity index (χ3v) is 4.37. The Labute approximate surface area is 126 Å². The zero-order valence-electron chi connectivity index (χ0n) is 11.2. The molecule has 0 unspecified atom stereocenters. The molecule has 0 aliphatic carbocycles. The van der Waals surface area contributed by atoms with E-state index in [1.54, 1.807) is 43.3 Å². The molecular weight excluding hydrogens is 294 g/mol. The zero-order chi connectivity index (χ0) is 15.2. The van der Waals surface area contributed by atoms with E-state index in [0.29, 0.717) is 10.7 Å². The number of rotatable bonds is 3. The number of fused-ring (bicyclic) bond motifs is 2. The number of anilines is 1. The van der Waals surface area contributed by atoms with Crippen LogP contribution in [0.25, 0.3) is 0 Å². The summed E-state index contributed by atoms with van der Waals surface area (Å²) in [4.78, 5) is 24.0. The van der Waals surface area contributed by atoms with Crippen LogP contribution in [0.15, 0.2) is 36.4 Å². The van der Waals surface area contributed by atoms with Gasteiger partial charge in [-0.1, -0.05) is 35.9 Å². The Kier molecular flexibility index (Phi) is 3.26.